The second kappa shape index (κ2) is 8.05. The van der Waals surface area contributed by atoms with Crippen molar-refractivity contribution in [3.63, 3.8) is 0 Å². The number of hydrazone groups is 1. The van der Waals surface area contributed by atoms with Crippen molar-refractivity contribution in [2.45, 2.75) is 38.6 Å². The molecular weight excluding hydrogens is 390 g/mol. The molecule has 1 aliphatic rings. The van der Waals surface area contributed by atoms with E-state index in [4.69, 9.17) is 5.73 Å². The highest BCUT2D eigenvalue weighted by atomic mass is 32.1. The van der Waals surface area contributed by atoms with E-state index in [0.29, 0.717) is 0 Å². The summed E-state index contributed by atoms with van der Waals surface area (Å²) < 4.78 is 0. The molecule has 5 nitrogen and oxygen atoms in total. The summed E-state index contributed by atoms with van der Waals surface area (Å²) in [5.41, 5.74) is 17.9. The number of nitrogens with two attached hydrogens (primary N) is 1. The quantitative estimate of drug-likeness (QED) is 0.299. The lowest BCUT2D eigenvalue weighted by atomic mass is 10.0. The minimum atomic E-state index is -0.155. The number of para-hydroxylation sites is 1. The molecule has 2 aromatic carbocycles. The molecule has 0 saturated carbocycles. The van der Waals surface area contributed by atoms with Gasteiger partial charge in [-0.2, -0.15) is 5.10 Å². The molecule has 0 saturated heterocycles. The van der Waals surface area contributed by atoms with E-state index in [1.54, 1.807) is 0 Å². The van der Waals surface area contributed by atoms with Crippen LogP contribution in [0.1, 0.15) is 47.3 Å². The van der Waals surface area contributed by atoms with Gasteiger partial charge in [0.15, 0.2) is 0 Å². The summed E-state index contributed by atoms with van der Waals surface area (Å²) >= 11 is 1.53. The van der Waals surface area contributed by atoms with Gasteiger partial charge in [-0.25, -0.2) is 4.98 Å². The Balaban J connectivity index is 1.26. The van der Waals surface area contributed by atoms with Gasteiger partial charge in [0.1, 0.15) is 0 Å². The summed E-state index contributed by atoms with van der Waals surface area (Å²) in [6, 6.07) is 14.8. The van der Waals surface area contributed by atoms with Crippen LogP contribution in [0.4, 0.5) is 5.13 Å². The zero-order chi connectivity index (χ0) is 20.5. The SMILES string of the molecule is C/C(=N\Nc1nc([C@@H](N)Cc2c[nH]c3ccccc23)cs1)c1ccc2c(c1)CCC2. The number of rotatable bonds is 6. The molecule has 0 unspecified atom stereocenters. The summed E-state index contributed by atoms with van der Waals surface area (Å²) in [5.74, 6) is 0. The van der Waals surface area contributed by atoms with Crippen LogP contribution in [-0.4, -0.2) is 15.7 Å². The zero-order valence-corrected chi connectivity index (χ0v) is 17.8. The van der Waals surface area contributed by atoms with Crippen LogP contribution in [-0.2, 0) is 19.3 Å². The van der Waals surface area contributed by atoms with Gasteiger partial charge < -0.3 is 10.7 Å². The number of anilines is 1. The molecule has 4 N–H and O–H groups in total. The number of fused-ring (bicyclic) bond motifs is 2. The molecule has 6 heteroatoms. The highest BCUT2D eigenvalue weighted by Gasteiger charge is 2.15. The Hall–Kier alpha value is -2.96. The van der Waals surface area contributed by atoms with E-state index in [0.717, 1.165) is 34.0 Å². The lowest BCUT2D eigenvalue weighted by Crippen LogP contribution is -2.13. The molecule has 0 fully saturated rings. The fraction of sp³-hybridized carbons (Fsp3) is 0.250. The first kappa shape index (κ1) is 19.0. The van der Waals surface area contributed by atoms with Gasteiger partial charge in [-0.1, -0.05) is 30.3 Å². The number of aromatic amines is 1. The number of aromatic nitrogens is 2. The fourth-order valence-corrected chi connectivity index (χ4v) is 4.86. The molecule has 30 heavy (non-hydrogen) atoms. The second-order valence-electron chi connectivity index (χ2n) is 7.89. The first-order valence-corrected chi connectivity index (χ1v) is 11.2. The molecule has 0 spiro atoms. The van der Waals surface area contributed by atoms with Crippen molar-refractivity contribution in [1.82, 2.24) is 9.97 Å². The largest absolute Gasteiger partial charge is 0.361 e. The fourth-order valence-electron chi connectivity index (χ4n) is 4.14. The monoisotopic (exact) mass is 415 g/mol. The number of thiazole rings is 1. The van der Waals surface area contributed by atoms with Crippen LogP contribution >= 0.6 is 11.3 Å². The maximum absolute atomic E-state index is 6.46. The predicted octanol–water partition coefficient (Wildman–Crippen LogP) is 5.19. The molecule has 1 atom stereocenters. The lowest BCUT2D eigenvalue weighted by molar-refractivity contribution is 0.705. The minimum Gasteiger partial charge on any atom is -0.361 e. The van der Waals surface area contributed by atoms with Crippen molar-refractivity contribution in [1.29, 1.82) is 0 Å². The van der Waals surface area contributed by atoms with E-state index in [2.05, 4.69) is 56.9 Å². The summed E-state index contributed by atoms with van der Waals surface area (Å²) in [5, 5.41) is 8.55. The first-order valence-electron chi connectivity index (χ1n) is 10.4. The number of nitrogens with one attached hydrogen (secondary N) is 2. The number of hydrogen-bond acceptors (Lipinski definition) is 5. The Bertz CT molecular complexity index is 1220. The predicted molar refractivity (Wildman–Crippen MR) is 125 cm³/mol. The van der Waals surface area contributed by atoms with Gasteiger partial charge in [-0.15, -0.1) is 11.3 Å². The topological polar surface area (TPSA) is 79.1 Å². The number of nitrogens with zero attached hydrogens (tertiary/aromatic N) is 2. The molecule has 5 rings (SSSR count). The Labute approximate surface area is 180 Å². The summed E-state index contributed by atoms with van der Waals surface area (Å²) in [4.78, 5) is 7.97. The minimum absolute atomic E-state index is 0.155. The third-order valence-corrected chi connectivity index (χ3v) is 6.62. The van der Waals surface area contributed by atoms with Crippen molar-refractivity contribution < 1.29 is 0 Å². The average molecular weight is 416 g/mol. The molecule has 0 aliphatic heterocycles. The third kappa shape index (κ3) is 3.76. The molecule has 1 aliphatic carbocycles. The maximum atomic E-state index is 6.46. The Morgan fingerprint density at radius 3 is 3.03 bits per heavy atom. The summed E-state index contributed by atoms with van der Waals surface area (Å²) in [6.07, 6.45) is 6.41. The first-order chi connectivity index (χ1) is 14.7. The van der Waals surface area contributed by atoms with Gasteiger partial charge in [0.05, 0.1) is 17.4 Å². The van der Waals surface area contributed by atoms with E-state index in [1.165, 1.54) is 52.7 Å². The molecule has 0 radical (unpaired) electrons. The molecule has 2 aromatic heterocycles. The van der Waals surface area contributed by atoms with Gasteiger partial charge in [-0.3, -0.25) is 5.43 Å². The van der Waals surface area contributed by atoms with Gasteiger partial charge >= 0.3 is 0 Å². The lowest BCUT2D eigenvalue weighted by Gasteiger charge is -2.08. The van der Waals surface area contributed by atoms with Gasteiger partial charge in [0, 0.05) is 22.5 Å². The molecular formula is C24H25N5S. The second-order valence-corrected chi connectivity index (χ2v) is 8.75. The number of hydrogen-bond donors (Lipinski definition) is 3. The summed E-state index contributed by atoms with van der Waals surface area (Å²) in [6.45, 7) is 2.03. The highest BCUT2D eigenvalue weighted by molar-refractivity contribution is 7.13. The van der Waals surface area contributed by atoms with E-state index < -0.39 is 0 Å². The molecule has 0 amide bonds. The Kier molecular flexibility index (Phi) is 5.11. The van der Waals surface area contributed by atoms with Crippen LogP contribution in [0, 0.1) is 0 Å². The number of aryl methyl sites for hydroxylation is 2. The van der Waals surface area contributed by atoms with Gasteiger partial charge in [-0.05, 0) is 67.0 Å². The van der Waals surface area contributed by atoms with Crippen molar-refractivity contribution >= 4 is 33.1 Å². The number of benzene rings is 2. The third-order valence-electron chi connectivity index (χ3n) is 5.85. The maximum Gasteiger partial charge on any atom is 0.203 e. The van der Waals surface area contributed by atoms with Crippen LogP contribution in [0.25, 0.3) is 10.9 Å². The van der Waals surface area contributed by atoms with E-state index in [-0.39, 0.29) is 6.04 Å². The van der Waals surface area contributed by atoms with Crippen molar-refractivity contribution in [3.8, 4) is 0 Å². The smallest absolute Gasteiger partial charge is 0.203 e. The number of H-pyrrole nitrogens is 1. The van der Waals surface area contributed by atoms with Crippen molar-refractivity contribution in [2.75, 3.05) is 5.43 Å². The van der Waals surface area contributed by atoms with Crippen LogP contribution in [0.5, 0.6) is 0 Å². The van der Waals surface area contributed by atoms with E-state index >= 15 is 0 Å². The highest BCUT2D eigenvalue weighted by Crippen LogP contribution is 2.26. The van der Waals surface area contributed by atoms with Crippen LogP contribution in [0.2, 0.25) is 0 Å². The van der Waals surface area contributed by atoms with Crippen molar-refractivity contribution in [3.05, 3.63) is 82.0 Å². The molecule has 4 aromatic rings. The van der Waals surface area contributed by atoms with Gasteiger partial charge in [0.25, 0.3) is 0 Å². The zero-order valence-electron chi connectivity index (χ0n) is 17.0. The van der Waals surface area contributed by atoms with E-state index in [9.17, 15) is 0 Å². The Morgan fingerprint density at radius 2 is 2.10 bits per heavy atom. The van der Waals surface area contributed by atoms with Crippen LogP contribution < -0.4 is 11.2 Å². The molecule has 0 bridgehead atoms. The molecule has 152 valence electrons. The standard InChI is InChI=1S/C24H25N5S/c1-15(17-10-9-16-5-4-6-18(16)11-17)28-29-24-27-23(14-30-24)21(25)12-19-13-26-22-8-3-2-7-20(19)22/h2-3,7-11,13-14,21,26H,4-6,12,25H2,1H3,(H,27,29)/b28-15+/t21-/m0/s1. The average Bonchev–Trinajstić information content (AvgIpc) is 3.51. The summed E-state index contributed by atoms with van der Waals surface area (Å²) in [7, 11) is 0. The Morgan fingerprint density at radius 1 is 1.23 bits per heavy atom. The molecule has 2 heterocycles. The normalized spacial score (nSPS) is 14.8. The van der Waals surface area contributed by atoms with E-state index in [1.807, 2.05) is 24.6 Å². The van der Waals surface area contributed by atoms with Crippen LogP contribution in [0.3, 0.4) is 0 Å². The van der Waals surface area contributed by atoms with Gasteiger partial charge in [0.2, 0.25) is 5.13 Å². The van der Waals surface area contributed by atoms with Crippen LogP contribution in [0.15, 0.2) is 59.1 Å². The van der Waals surface area contributed by atoms with Crippen molar-refractivity contribution in [2.24, 2.45) is 10.8 Å².